The molecule has 16 heavy (non-hydrogen) atoms. The van der Waals surface area contributed by atoms with E-state index in [1.807, 2.05) is 0 Å². The number of halogens is 4. The Balaban J connectivity index is 3.78. The first-order valence-corrected chi connectivity index (χ1v) is 6.15. The molecule has 0 aliphatic heterocycles. The van der Waals surface area contributed by atoms with Crippen molar-refractivity contribution in [3.05, 3.63) is 0 Å². The highest BCUT2D eigenvalue weighted by atomic mass is 32.2. The van der Waals surface area contributed by atoms with E-state index in [0.717, 1.165) is 11.8 Å². The average molecular weight is 260 g/mol. The normalized spacial score (nSPS) is 16.8. The van der Waals surface area contributed by atoms with Gasteiger partial charge >= 0.3 is 0 Å². The maximum atomic E-state index is 13.1. The lowest BCUT2D eigenvalue weighted by Crippen LogP contribution is -2.29. The molecule has 0 N–H and O–H groups in total. The number of alkyl halides is 4. The second-order valence-electron chi connectivity index (χ2n) is 3.32. The summed E-state index contributed by atoms with van der Waals surface area (Å²) < 4.78 is 50.5. The summed E-state index contributed by atoms with van der Waals surface area (Å²) >= 11 is 0.905. The first-order valence-electron chi connectivity index (χ1n) is 5.16. The number of carbonyl (C=O) groups excluding carboxylic acids is 1. The zero-order valence-electron chi connectivity index (χ0n) is 9.10. The molecule has 0 amide bonds. The third kappa shape index (κ3) is 6.35. The average Bonchev–Trinajstić information content (AvgIpc) is 2.27. The van der Waals surface area contributed by atoms with Crippen LogP contribution in [-0.4, -0.2) is 36.1 Å². The summed E-state index contributed by atoms with van der Waals surface area (Å²) in [5.74, 6) is 0.122. The number of carbonyl (C=O) groups is 1. The minimum Gasteiger partial charge on any atom is -0.287 e. The summed E-state index contributed by atoms with van der Waals surface area (Å²) in [4.78, 5) is 10.8. The van der Waals surface area contributed by atoms with Gasteiger partial charge in [-0.1, -0.05) is 18.7 Å². The SMILES string of the molecule is CCC(=O)SCCC(F)C(F)C(F)CCF. The van der Waals surface area contributed by atoms with Gasteiger partial charge in [-0.3, -0.25) is 9.18 Å². The zero-order chi connectivity index (χ0) is 12.6. The second-order valence-corrected chi connectivity index (χ2v) is 4.47. The number of rotatable bonds is 8. The standard InChI is InChI=1S/C10H16F4OS/c1-2-9(15)16-6-4-8(13)10(14)7(12)3-5-11/h7-8,10H,2-6H2,1H3. The summed E-state index contributed by atoms with van der Waals surface area (Å²) in [7, 11) is 0. The summed E-state index contributed by atoms with van der Waals surface area (Å²) in [5, 5.41) is -0.108. The van der Waals surface area contributed by atoms with Gasteiger partial charge in [0.1, 0.15) is 12.3 Å². The van der Waals surface area contributed by atoms with Crippen molar-refractivity contribution in [2.45, 2.75) is 44.7 Å². The molecule has 0 aromatic heterocycles. The molecule has 0 aromatic rings. The Hall–Kier alpha value is -0.260. The van der Waals surface area contributed by atoms with Crippen LogP contribution in [0.25, 0.3) is 0 Å². The quantitative estimate of drug-likeness (QED) is 0.622. The largest absolute Gasteiger partial charge is 0.287 e. The van der Waals surface area contributed by atoms with Gasteiger partial charge in [-0.25, -0.2) is 13.2 Å². The fraction of sp³-hybridized carbons (Fsp3) is 0.900. The summed E-state index contributed by atoms with van der Waals surface area (Å²) in [6.45, 7) is 0.663. The predicted molar refractivity (Wildman–Crippen MR) is 57.7 cm³/mol. The van der Waals surface area contributed by atoms with Gasteiger partial charge in [0.25, 0.3) is 0 Å². The van der Waals surface area contributed by atoms with Crippen LogP contribution in [0.3, 0.4) is 0 Å². The molecule has 0 aliphatic carbocycles. The van der Waals surface area contributed by atoms with Crippen molar-refractivity contribution in [2.75, 3.05) is 12.4 Å². The van der Waals surface area contributed by atoms with Crippen molar-refractivity contribution >= 4 is 16.9 Å². The van der Waals surface area contributed by atoms with Crippen LogP contribution >= 0.6 is 11.8 Å². The second kappa shape index (κ2) is 8.84. The van der Waals surface area contributed by atoms with E-state index in [-0.39, 0.29) is 17.3 Å². The van der Waals surface area contributed by atoms with E-state index < -0.39 is 31.6 Å². The van der Waals surface area contributed by atoms with Crippen molar-refractivity contribution in [3.8, 4) is 0 Å². The van der Waals surface area contributed by atoms with Gasteiger partial charge in [0, 0.05) is 18.6 Å². The first kappa shape index (κ1) is 15.7. The van der Waals surface area contributed by atoms with Crippen molar-refractivity contribution in [1.82, 2.24) is 0 Å². The molecule has 0 aromatic carbocycles. The van der Waals surface area contributed by atoms with Crippen LogP contribution in [0.1, 0.15) is 26.2 Å². The molecule has 0 saturated carbocycles. The molecular weight excluding hydrogens is 244 g/mol. The third-order valence-corrected chi connectivity index (χ3v) is 3.07. The molecule has 3 unspecified atom stereocenters. The van der Waals surface area contributed by atoms with Crippen LogP contribution in [-0.2, 0) is 4.79 Å². The maximum absolute atomic E-state index is 13.1. The van der Waals surface area contributed by atoms with Gasteiger partial charge in [-0.15, -0.1) is 0 Å². The molecule has 0 aliphatic rings. The van der Waals surface area contributed by atoms with Crippen LogP contribution in [0.2, 0.25) is 0 Å². The highest BCUT2D eigenvalue weighted by molar-refractivity contribution is 8.13. The molecule has 0 fully saturated rings. The molecule has 0 spiro atoms. The Bertz CT molecular complexity index is 203. The summed E-state index contributed by atoms with van der Waals surface area (Å²) in [6.07, 6.45) is -6.90. The molecule has 6 heteroatoms. The first-order chi connectivity index (χ1) is 7.52. The fourth-order valence-electron chi connectivity index (χ4n) is 1.04. The lowest BCUT2D eigenvalue weighted by atomic mass is 10.1. The van der Waals surface area contributed by atoms with Crippen molar-refractivity contribution in [3.63, 3.8) is 0 Å². The Morgan fingerprint density at radius 2 is 1.75 bits per heavy atom. The van der Waals surface area contributed by atoms with E-state index in [4.69, 9.17) is 0 Å². The summed E-state index contributed by atoms with van der Waals surface area (Å²) in [5.41, 5.74) is 0. The monoisotopic (exact) mass is 260 g/mol. The Morgan fingerprint density at radius 1 is 1.19 bits per heavy atom. The molecule has 0 saturated heterocycles. The molecule has 0 radical (unpaired) electrons. The minimum atomic E-state index is -2.30. The van der Waals surface area contributed by atoms with Crippen LogP contribution in [0.4, 0.5) is 17.6 Å². The lowest BCUT2D eigenvalue weighted by Gasteiger charge is -2.16. The smallest absolute Gasteiger partial charge is 0.188 e. The van der Waals surface area contributed by atoms with E-state index >= 15 is 0 Å². The molecule has 0 bridgehead atoms. The van der Waals surface area contributed by atoms with E-state index in [1.54, 1.807) is 6.92 Å². The van der Waals surface area contributed by atoms with Crippen LogP contribution in [0, 0.1) is 0 Å². The highest BCUT2D eigenvalue weighted by Crippen LogP contribution is 2.20. The van der Waals surface area contributed by atoms with Gasteiger partial charge in [-0.05, 0) is 6.42 Å². The minimum absolute atomic E-state index is 0.108. The van der Waals surface area contributed by atoms with Crippen LogP contribution in [0.15, 0.2) is 0 Å². The third-order valence-electron chi connectivity index (χ3n) is 2.02. The van der Waals surface area contributed by atoms with E-state index in [1.165, 1.54) is 0 Å². The Kier molecular flexibility index (Phi) is 8.70. The fourth-order valence-corrected chi connectivity index (χ4v) is 1.81. The molecule has 0 rings (SSSR count). The predicted octanol–water partition coefficient (Wildman–Crippen LogP) is 3.42. The molecule has 0 heterocycles. The molecule has 1 nitrogen and oxygen atoms in total. The van der Waals surface area contributed by atoms with Crippen LogP contribution < -0.4 is 0 Å². The van der Waals surface area contributed by atoms with Gasteiger partial charge in [0.2, 0.25) is 0 Å². The number of hydrogen-bond acceptors (Lipinski definition) is 2. The van der Waals surface area contributed by atoms with Crippen molar-refractivity contribution < 1.29 is 22.4 Å². The Labute approximate surface area is 97.0 Å². The van der Waals surface area contributed by atoms with E-state index in [0.29, 0.717) is 6.42 Å². The van der Waals surface area contributed by atoms with Gasteiger partial charge in [0.15, 0.2) is 11.3 Å². The molecular formula is C10H16F4OS. The molecule has 3 atom stereocenters. The van der Waals surface area contributed by atoms with E-state index in [2.05, 4.69) is 0 Å². The Morgan fingerprint density at radius 3 is 2.25 bits per heavy atom. The van der Waals surface area contributed by atoms with Gasteiger partial charge in [0.05, 0.1) is 6.67 Å². The lowest BCUT2D eigenvalue weighted by molar-refractivity contribution is -0.110. The van der Waals surface area contributed by atoms with Crippen molar-refractivity contribution in [1.29, 1.82) is 0 Å². The van der Waals surface area contributed by atoms with Crippen LogP contribution in [0.5, 0.6) is 0 Å². The van der Waals surface area contributed by atoms with E-state index in [9.17, 15) is 22.4 Å². The van der Waals surface area contributed by atoms with Gasteiger partial charge in [-0.2, -0.15) is 0 Å². The molecule has 96 valence electrons. The number of hydrogen-bond donors (Lipinski definition) is 0. The summed E-state index contributed by atoms with van der Waals surface area (Å²) in [6, 6.07) is 0. The zero-order valence-corrected chi connectivity index (χ0v) is 9.91. The topological polar surface area (TPSA) is 17.1 Å². The number of thioether (sulfide) groups is 1. The highest BCUT2D eigenvalue weighted by Gasteiger charge is 2.29. The van der Waals surface area contributed by atoms with Gasteiger partial charge < -0.3 is 0 Å². The van der Waals surface area contributed by atoms with Crippen molar-refractivity contribution in [2.24, 2.45) is 0 Å². The maximum Gasteiger partial charge on any atom is 0.188 e.